The van der Waals surface area contributed by atoms with Crippen LogP contribution in [0.15, 0.2) is 0 Å². The van der Waals surface area contributed by atoms with Crippen molar-refractivity contribution in [1.29, 1.82) is 0 Å². The SMILES string of the molecule is CCc1c(CN)nnn1C1CC1C. The van der Waals surface area contributed by atoms with Gasteiger partial charge in [0.05, 0.1) is 17.4 Å². The van der Waals surface area contributed by atoms with E-state index < -0.39 is 0 Å². The van der Waals surface area contributed by atoms with Crippen LogP contribution in [-0.4, -0.2) is 15.0 Å². The number of aromatic nitrogens is 3. The molecule has 4 heteroatoms. The Labute approximate surface area is 78.1 Å². The molecule has 1 saturated carbocycles. The van der Waals surface area contributed by atoms with E-state index in [1.54, 1.807) is 0 Å². The molecule has 1 heterocycles. The van der Waals surface area contributed by atoms with Gasteiger partial charge < -0.3 is 5.73 Å². The highest BCUT2D eigenvalue weighted by Crippen LogP contribution is 2.42. The Kier molecular flexibility index (Phi) is 2.07. The predicted octanol–water partition coefficient (Wildman–Crippen LogP) is 0.880. The Morgan fingerprint density at radius 2 is 2.31 bits per heavy atom. The minimum atomic E-state index is 0.504. The first-order valence-corrected chi connectivity index (χ1v) is 4.91. The smallest absolute Gasteiger partial charge is 0.0994 e. The largest absolute Gasteiger partial charge is 0.325 e. The van der Waals surface area contributed by atoms with E-state index in [4.69, 9.17) is 5.73 Å². The second kappa shape index (κ2) is 3.10. The molecule has 1 aromatic rings. The Hall–Kier alpha value is -0.900. The zero-order chi connectivity index (χ0) is 9.42. The molecule has 0 radical (unpaired) electrons. The van der Waals surface area contributed by atoms with Crippen LogP contribution in [0.25, 0.3) is 0 Å². The van der Waals surface area contributed by atoms with Crippen LogP contribution in [0.4, 0.5) is 0 Å². The third kappa shape index (κ3) is 1.35. The summed E-state index contributed by atoms with van der Waals surface area (Å²) in [5.41, 5.74) is 7.76. The summed E-state index contributed by atoms with van der Waals surface area (Å²) in [4.78, 5) is 0. The molecule has 72 valence electrons. The van der Waals surface area contributed by atoms with Crippen molar-refractivity contribution in [2.24, 2.45) is 11.7 Å². The molecule has 1 aromatic heterocycles. The van der Waals surface area contributed by atoms with Crippen molar-refractivity contribution in [3.63, 3.8) is 0 Å². The first-order chi connectivity index (χ1) is 6.27. The highest BCUT2D eigenvalue weighted by Gasteiger charge is 2.37. The van der Waals surface area contributed by atoms with Gasteiger partial charge in [0, 0.05) is 6.54 Å². The third-order valence-electron chi connectivity index (χ3n) is 2.78. The van der Waals surface area contributed by atoms with Gasteiger partial charge in [0.25, 0.3) is 0 Å². The van der Waals surface area contributed by atoms with Gasteiger partial charge >= 0.3 is 0 Å². The maximum atomic E-state index is 5.58. The van der Waals surface area contributed by atoms with Crippen LogP contribution in [0.2, 0.25) is 0 Å². The second-order valence-electron chi connectivity index (χ2n) is 3.77. The van der Waals surface area contributed by atoms with E-state index in [1.165, 1.54) is 12.1 Å². The van der Waals surface area contributed by atoms with Crippen LogP contribution < -0.4 is 5.73 Å². The van der Waals surface area contributed by atoms with E-state index in [0.717, 1.165) is 18.0 Å². The molecule has 2 atom stereocenters. The van der Waals surface area contributed by atoms with Gasteiger partial charge in [0.15, 0.2) is 0 Å². The van der Waals surface area contributed by atoms with E-state index in [0.29, 0.717) is 12.6 Å². The molecule has 1 aliphatic rings. The van der Waals surface area contributed by atoms with Crippen molar-refractivity contribution in [1.82, 2.24) is 15.0 Å². The topological polar surface area (TPSA) is 56.7 Å². The minimum Gasteiger partial charge on any atom is -0.325 e. The zero-order valence-corrected chi connectivity index (χ0v) is 8.20. The van der Waals surface area contributed by atoms with Crippen LogP contribution in [0, 0.1) is 5.92 Å². The number of hydrogen-bond donors (Lipinski definition) is 1. The maximum Gasteiger partial charge on any atom is 0.0994 e. The lowest BCUT2D eigenvalue weighted by Gasteiger charge is -2.03. The second-order valence-corrected chi connectivity index (χ2v) is 3.77. The van der Waals surface area contributed by atoms with Crippen LogP contribution in [0.1, 0.15) is 37.7 Å². The molecular weight excluding hydrogens is 164 g/mol. The first-order valence-electron chi connectivity index (χ1n) is 4.91. The minimum absolute atomic E-state index is 0.504. The molecule has 2 rings (SSSR count). The molecule has 1 fully saturated rings. The summed E-state index contributed by atoms with van der Waals surface area (Å²) in [6.07, 6.45) is 2.21. The highest BCUT2D eigenvalue weighted by molar-refractivity contribution is 5.12. The van der Waals surface area contributed by atoms with Crippen molar-refractivity contribution in [3.05, 3.63) is 11.4 Å². The molecule has 0 saturated heterocycles. The lowest BCUT2D eigenvalue weighted by Crippen LogP contribution is -2.06. The molecule has 2 unspecified atom stereocenters. The molecular formula is C9H16N4. The van der Waals surface area contributed by atoms with Crippen molar-refractivity contribution in [2.45, 2.75) is 39.3 Å². The summed E-state index contributed by atoms with van der Waals surface area (Å²) in [5.74, 6) is 0.762. The molecule has 0 aliphatic heterocycles. The van der Waals surface area contributed by atoms with Crippen LogP contribution >= 0.6 is 0 Å². The number of nitrogens with two attached hydrogens (primary N) is 1. The van der Waals surface area contributed by atoms with E-state index in [1.807, 2.05) is 0 Å². The fraction of sp³-hybridized carbons (Fsp3) is 0.778. The van der Waals surface area contributed by atoms with Crippen molar-refractivity contribution in [2.75, 3.05) is 0 Å². The molecule has 1 aliphatic carbocycles. The maximum absolute atomic E-state index is 5.58. The first kappa shape index (κ1) is 8.69. The lowest BCUT2D eigenvalue weighted by molar-refractivity contribution is 0.557. The van der Waals surface area contributed by atoms with Gasteiger partial charge in [-0.05, 0) is 18.8 Å². The van der Waals surface area contributed by atoms with Gasteiger partial charge in [-0.1, -0.05) is 19.1 Å². The average Bonchev–Trinajstić information content (AvgIpc) is 2.72. The molecule has 0 aromatic carbocycles. The van der Waals surface area contributed by atoms with Gasteiger partial charge in [0.2, 0.25) is 0 Å². The molecule has 4 nitrogen and oxygen atoms in total. The van der Waals surface area contributed by atoms with Crippen molar-refractivity contribution < 1.29 is 0 Å². The summed E-state index contributed by atoms with van der Waals surface area (Å²) in [5, 5.41) is 8.25. The quantitative estimate of drug-likeness (QED) is 0.751. The van der Waals surface area contributed by atoms with Gasteiger partial charge in [-0.15, -0.1) is 5.10 Å². The summed E-state index contributed by atoms with van der Waals surface area (Å²) in [6, 6.07) is 0.586. The van der Waals surface area contributed by atoms with Gasteiger partial charge in [0.1, 0.15) is 0 Å². The third-order valence-corrected chi connectivity index (χ3v) is 2.78. The van der Waals surface area contributed by atoms with E-state index in [9.17, 15) is 0 Å². The molecule has 0 bridgehead atoms. The fourth-order valence-electron chi connectivity index (χ4n) is 1.78. The summed E-state index contributed by atoms with van der Waals surface area (Å²) < 4.78 is 2.06. The fourth-order valence-corrected chi connectivity index (χ4v) is 1.78. The summed E-state index contributed by atoms with van der Waals surface area (Å²) >= 11 is 0. The van der Waals surface area contributed by atoms with Gasteiger partial charge in [-0.2, -0.15) is 0 Å². The predicted molar refractivity (Wildman–Crippen MR) is 50.1 cm³/mol. The van der Waals surface area contributed by atoms with E-state index in [2.05, 4.69) is 28.8 Å². The molecule has 13 heavy (non-hydrogen) atoms. The summed E-state index contributed by atoms with van der Waals surface area (Å²) in [7, 11) is 0. The molecule has 0 amide bonds. The lowest BCUT2D eigenvalue weighted by atomic mass is 10.2. The van der Waals surface area contributed by atoms with Crippen molar-refractivity contribution in [3.8, 4) is 0 Å². The Bertz CT molecular complexity index is 305. The monoisotopic (exact) mass is 180 g/mol. The average molecular weight is 180 g/mol. The van der Waals surface area contributed by atoms with Crippen molar-refractivity contribution >= 4 is 0 Å². The summed E-state index contributed by atoms with van der Waals surface area (Å²) in [6.45, 7) is 4.87. The standard InChI is InChI=1S/C9H16N4/c1-3-8-7(5-10)11-12-13(8)9-4-6(9)2/h6,9H,3-5,10H2,1-2H3. The zero-order valence-electron chi connectivity index (χ0n) is 8.20. The van der Waals surface area contributed by atoms with Gasteiger partial charge in [-0.25, -0.2) is 4.68 Å². The van der Waals surface area contributed by atoms with Crippen LogP contribution in [0.3, 0.4) is 0 Å². The Morgan fingerprint density at radius 1 is 1.62 bits per heavy atom. The van der Waals surface area contributed by atoms with E-state index >= 15 is 0 Å². The van der Waals surface area contributed by atoms with E-state index in [-0.39, 0.29) is 0 Å². The van der Waals surface area contributed by atoms with Gasteiger partial charge in [-0.3, -0.25) is 0 Å². The molecule has 2 N–H and O–H groups in total. The van der Waals surface area contributed by atoms with Crippen LogP contribution in [-0.2, 0) is 13.0 Å². The van der Waals surface area contributed by atoms with Crippen LogP contribution in [0.5, 0.6) is 0 Å². The highest BCUT2D eigenvalue weighted by atomic mass is 15.5. The number of nitrogens with zero attached hydrogens (tertiary/aromatic N) is 3. The Balaban J connectivity index is 2.29. The molecule has 0 spiro atoms. The number of rotatable bonds is 3. The normalized spacial score (nSPS) is 26.4. The number of hydrogen-bond acceptors (Lipinski definition) is 3. The Morgan fingerprint density at radius 3 is 2.77 bits per heavy atom.